The van der Waals surface area contributed by atoms with Crippen LogP contribution in [0.4, 0.5) is 0 Å². The molecular formula is C15H24N4S. The molecule has 0 bridgehead atoms. The second-order valence-electron chi connectivity index (χ2n) is 6.67. The first-order valence-electron chi connectivity index (χ1n) is 8.20. The summed E-state index contributed by atoms with van der Waals surface area (Å²) < 4.78 is 2.46. The monoisotopic (exact) mass is 292 g/mol. The first kappa shape index (κ1) is 13.1. The highest BCUT2D eigenvalue weighted by molar-refractivity contribution is 7.99. The maximum atomic E-state index is 6.37. The maximum absolute atomic E-state index is 6.37. The average Bonchev–Trinajstić information content (AvgIpc) is 3.33. The average molecular weight is 292 g/mol. The molecule has 1 heterocycles. The summed E-state index contributed by atoms with van der Waals surface area (Å²) in [5.74, 6) is 1.96. The zero-order valence-electron chi connectivity index (χ0n) is 12.0. The van der Waals surface area contributed by atoms with Crippen LogP contribution in [-0.4, -0.2) is 26.1 Å². The van der Waals surface area contributed by atoms with Crippen LogP contribution in [0.5, 0.6) is 0 Å². The van der Waals surface area contributed by atoms with Gasteiger partial charge in [-0.1, -0.05) is 31.0 Å². The zero-order valence-corrected chi connectivity index (χ0v) is 12.8. The second-order valence-corrected chi connectivity index (χ2v) is 7.88. The Bertz CT molecular complexity index is 478. The van der Waals surface area contributed by atoms with Crippen LogP contribution in [0.25, 0.3) is 0 Å². The fourth-order valence-corrected chi connectivity index (χ4v) is 4.56. The molecule has 4 rings (SSSR count). The minimum absolute atomic E-state index is 0.330. The molecule has 3 fully saturated rings. The van der Waals surface area contributed by atoms with Crippen molar-refractivity contribution in [3.8, 4) is 0 Å². The third kappa shape index (κ3) is 2.62. The van der Waals surface area contributed by atoms with Gasteiger partial charge in [0.25, 0.3) is 0 Å². The lowest BCUT2D eigenvalue weighted by Crippen LogP contribution is -2.31. The molecule has 0 spiro atoms. The van der Waals surface area contributed by atoms with E-state index in [4.69, 9.17) is 5.73 Å². The number of thioether (sulfide) groups is 1. The highest BCUT2D eigenvalue weighted by Crippen LogP contribution is 2.46. The van der Waals surface area contributed by atoms with E-state index in [0.717, 1.165) is 5.16 Å². The summed E-state index contributed by atoms with van der Waals surface area (Å²) in [5, 5.41) is 10.7. The van der Waals surface area contributed by atoms with Crippen molar-refractivity contribution in [2.75, 3.05) is 0 Å². The molecule has 0 amide bonds. The molecule has 4 nitrogen and oxygen atoms in total. The van der Waals surface area contributed by atoms with Gasteiger partial charge < -0.3 is 10.3 Å². The van der Waals surface area contributed by atoms with Crippen LogP contribution in [-0.2, 0) is 0 Å². The number of nitrogens with two attached hydrogens (primary N) is 1. The van der Waals surface area contributed by atoms with Crippen LogP contribution in [0.1, 0.15) is 75.6 Å². The molecular weight excluding hydrogens is 268 g/mol. The van der Waals surface area contributed by atoms with Gasteiger partial charge in [-0.2, -0.15) is 0 Å². The molecule has 1 aromatic rings. The molecule has 3 saturated carbocycles. The van der Waals surface area contributed by atoms with Crippen LogP contribution in [0.2, 0.25) is 0 Å². The van der Waals surface area contributed by atoms with Gasteiger partial charge in [0.1, 0.15) is 5.82 Å². The molecule has 3 aliphatic rings. The lowest BCUT2D eigenvalue weighted by molar-refractivity contribution is 0.587. The van der Waals surface area contributed by atoms with Gasteiger partial charge in [-0.05, 0) is 38.5 Å². The van der Waals surface area contributed by atoms with Crippen molar-refractivity contribution in [1.82, 2.24) is 14.8 Å². The summed E-state index contributed by atoms with van der Waals surface area (Å²) in [6.45, 7) is 0. The summed E-state index contributed by atoms with van der Waals surface area (Å²) in [5.41, 5.74) is 6.37. The number of rotatable bonds is 4. The molecule has 2 unspecified atom stereocenters. The van der Waals surface area contributed by atoms with E-state index in [1.54, 1.807) is 0 Å². The van der Waals surface area contributed by atoms with Crippen LogP contribution in [0.3, 0.4) is 0 Å². The van der Waals surface area contributed by atoms with Crippen molar-refractivity contribution in [3.05, 3.63) is 5.82 Å². The number of aromatic nitrogens is 3. The molecule has 110 valence electrons. The van der Waals surface area contributed by atoms with Gasteiger partial charge in [-0.3, -0.25) is 0 Å². The quantitative estimate of drug-likeness (QED) is 0.866. The molecule has 1 aromatic heterocycles. The van der Waals surface area contributed by atoms with Crippen molar-refractivity contribution in [2.45, 2.75) is 86.2 Å². The third-order valence-corrected chi connectivity index (χ3v) is 6.18. The lowest BCUT2D eigenvalue weighted by atomic mass is 10.1. The molecule has 2 atom stereocenters. The lowest BCUT2D eigenvalue weighted by Gasteiger charge is -2.20. The van der Waals surface area contributed by atoms with Crippen molar-refractivity contribution >= 4 is 11.8 Å². The second kappa shape index (κ2) is 5.34. The first-order chi connectivity index (χ1) is 9.83. The van der Waals surface area contributed by atoms with Gasteiger partial charge in [-0.15, -0.1) is 10.2 Å². The Morgan fingerprint density at radius 1 is 0.950 bits per heavy atom. The summed E-state index contributed by atoms with van der Waals surface area (Å²) in [4.78, 5) is 0. The van der Waals surface area contributed by atoms with Crippen LogP contribution in [0, 0.1) is 0 Å². The van der Waals surface area contributed by atoms with Gasteiger partial charge in [0, 0.05) is 23.3 Å². The molecule has 0 aromatic carbocycles. The molecule has 20 heavy (non-hydrogen) atoms. The van der Waals surface area contributed by atoms with Crippen molar-refractivity contribution in [1.29, 1.82) is 0 Å². The number of hydrogen-bond acceptors (Lipinski definition) is 4. The predicted molar refractivity (Wildman–Crippen MR) is 81.0 cm³/mol. The first-order valence-corrected chi connectivity index (χ1v) is 9.08. The molecule has 2 N–H and O–H groups in total. The summed E-state index contributed by atoms with van der Waals surface area (Å²) in [6, 6.07) is 1.02. The third-order valence-electron chi connectivity index (χ3n) is 4.81. The normalized spacial score (nSPS) is 31.2. The number of nitrogens with zero attached hydrogens (tertiary/aromatic N) is 3. The Balaban J connectivity index is 1.55. The Hall–Kier alpha value is -0.550. The van der Waals surface area contributed by atoms with Crippen molar-refractivity contribution in [2.24, 2.45) is 5.73 Å². The Morgan fingerprint density at radius 3 is 2.50 bits per heavy atom. The Labute approximate surface area is 124 Å². The standard InChI is InChI=1S/C15H24N4S/c16-12-4-2-1-3-5-13(12)20-15-18-17-14(10-6-7-10)19(15)11-8-9-11/h10-13H,1-9,16H2. The topological polar surface area (TPSA) is 56.7 Å². The molecule has 5 heteroatoms. The van der Waals surface area contributed by atoms with Gasteiger partial charge >= 0.3 is 0 Å². The van der Waals surface area contributed by atoms with Crippen LogP contribution < -0.4 is 5.73 Å². The van der Waals surface area contributed by atoms with E-state index in [1.165, 1.54) is 63.6 Å². The fraction of sp³-hybridized carbons (Fsp3) is 0.867. The van der Waals surface area contributed by atoms with E-state index < -0.39 is 0 Å². The highest BCUT2D eigenvalue weighted by atomic mass is 32.2. The Kier molecular flexibility index (Phi) is 3.50. The summed E-state index contributed by atoms with van der Waals surface area (Å²) in [7, 11) is 0. The van der Waals surface area contributed by atoms with Gasteiger partial charge in [0.15, 0.2) is 5.16 Å². The highest BCUT2D eigenvalue weighted by Gasteiger charge is 2.37. The minimum Gasteiger partial charge on any atom is -0.327 e. The van der Waals surface area contributed by atoms with E-state index in [9.17, 15) is 0 Å². The van der Waals surface area contributed by atoms with E-state index in [-0.39, 0.29) is 0 Å². The number of hydrogen-bond donors (Lipinski definition) is 1. The zero-order chi connectivity index (χ0) is 13.5. The predicted octanol–water partition coefficient (Wildman–Crippen LogP) is 3.24. The van der Waals surface area contributed by atoms with E-state index in [1.807, 2.05) is 11.8 Å². The van der Waals surface area contributed by atoms with E-state index in [0.29, 0.717) is 23.3 Å². The Morgan fingerprint density at radius 2 is 1.75 bits per heavy atom. The largest absolute Gasteiger partial charge is 0.327 e. The smallest absolute Gasteiger partial charge is 0.191 e. The molecule has 0 saturated heterocycles. The molecule has 3 aliphatic carbocycles. The van der Waals surface area contributed by atoms with E-state index in [2.05, 4.69) is 14.8 Å². The summed E-state index contributed by atoms with van der Waals surface area (Å²) in [6.07, 6.45) is 11.6. The van der Waals surface area contributed by atoms with Gasteiger partial charge in [0.05, 0.1) is 0 Å². The SMILES string of the molecule is NC1CCCCCC1Sc1nnc(C2CC2)n1C1CC1. The van der Waals surface area contributed by atoms with Crippen LogP contribution in [0.15, 0.2) is 5.16 Å². The maximum Gasteiger partial charge on any atom is 0.191 e. The van der Waals surface area contributed by atoms with Crippen LogP contribution >= 0.6 is 11.8 Å². The van der Waals surface area contributed by atoms with Crippen molar-refractivity contribution < 1.29 is 0 Å². The van der Waals surface area contributed by atoms with E-state index >= 15 is 0 Å². The minimum atomic E-state index is 0.330. The van der Waals surface area contributed by atoms with Gasteiger partial charge in [0.2, 0.25) is 0 Å². The molecule has 0 aliphatic heterocycles. The van der Waals surface area contributed by atoms with Crippen molar-refractivity contribution in [3.63, 3.8) is 0 Å². The molecule has 0 radical (unpaired) electrons. The van der Waals surface area contributed by atoms with Gasteiger partial charge in [-0.25, -0.2) is 0 Å². The fourth-order valence-electron chi connectivity index (χ4n) is 3.25. The summed E-state index contributed by atoms with van der Waals surface area (Å²) >= 11 is 1.91.